The van der Waals surface area contributed by atoms with Crippen LogP contribution in [0.4, 0.5) is 0 Å². The van der Waals surface area contributed by atoms with Crippen LogP contribution in [0.5, 0.6) is 5.75 Å². The standard InChI is InChI=1S/C24H29ClN2O3/c1-17-5-3-6-18(2)23(17)30-16-4-7-22(28)26-21-12-14-27(15-13-21)24(29)19-8-10-20(25)11-9-19/h3,5-6,8-11,21H,4,7,12-16H2,1-2H3,(H,26,28). The molecule has 1 heterocycles. The summed E-state index contributed by atoms with van der Waals surface area (Å²) in [6.07, 6.45) is 2.65. The van der Waals surface area contributed by atoms with E-state index in [-0.39, 0.29) is 17.9 Å². The highest BCUT2D eigenvalue weighted by atomic mass is 35.5. The van der Waals surface area contributed by atoms with Crippen molar-refractivity contribution in [3.05, 3.63) is 64.2 Å². The molecule has 0 aromatic heterocycles. The Bertz CT molecular complexity index is 854. The SMILES string of the molecule is Cc1cccc(C)c1OCCCC(=O)NC1CCN(C(=O)c2ccc(Cl)cc2)CC1. The molecule has 1 aliphatic heterocycles. The van der Waals surface area contributed by atoms with Crippen molar-refractivity contribution in [3.8, 4) is 5.75 Å². The molecule has 0 unspecified atom stereocenters. The van der Waals surface area contributed by atoms with Crippen molar-refractivity contribution in [2.45, 2.75) is 45.6 Å². The molecule has 0 bridgehead atoms. The Morgan fingerprint density at radius 2 is 1.70 bits per heavy atom. The van der Waals surface area contributed by atoms with Crippen LogP contribution in [0.3, 0.4) is 0 Å². The summed E-state index contributed by atoms with van der Waals surface area (Å²) in [5.74, 6) is 0.971. The minimum atomic E-state index is 0.0140. The monoisotopic (exact) mass is 428 g/mol. The summed E-state index contributed by atoms with van der Waals surface area (Å²) >= 11 is 5.89. The first-order valence-electron chi connectivity index (χ1n) is 10.5. The fraction of sp³-hybridized carbons (Fsp3) is 0.417. The van der Waals surface area contributed by atoms with Crippen LogP contribution in [0.25, 0.3) is 0 Å². The van der Waals surface area contributed by atoms with Gasteiger partial charge in [-0.15, -0.1) is 0 Å². The molecule has 6 heteroatoms. The summed E-state index contributed by atoms with van der Waals surface area (Å²) in [5.41, 5.74) is 2.87. The van der Waals surface area contributed by atoms with Gasteiger partial charge in [0.05, 0.1) is 6.61 Å². The van der Waals surface area contributed by atoms with Crippen molar-refractivity contribution in [2.75, 3.05) is 19.7 Å². The number of carbonyl (C=O) groups excluding carboxylic acids is 2. The molecule has 2 aromatic rings. The van der Waals surface area contributed by atoms with Crippen LogP contribution < -0.4 is 10.1 Å². The molecular formula is C24H29ClN2O3. The molecule has 1 fully saturated rings. The average molecular weight is 429 g/mol. The number of halogens is 1. The van der Waals surface area contributed by atoms with Gasteiger partial charge in [-0.2, -0.15) is 0 Å². The van der Waals surface area contributed by atoms with E-state index in [4.69, 9.17) is 16.3 Å². The number of nitrogens with one attached hydrogen (secondary N) is 1. The number of likely N-dealkylation sites (tertiary alicyclic amines) is 1. The molecule has 0 spiro atoms. The van der Waals surface area contributed by atoms with Gasteiger partial charge in [-0.25, -0.2) is 0 Å². The van der Waals surface area contributed by atoms with E-state index in [1.165, 1.54) is 0 Å². The van der Waals surface area contributed by atoms with Gasteiger partial charge in [0.25, 0.3) is 5.91 Å². The zero-order valence-corrected chi connectivity index (χ0v) is 18.4. The number of carbonyl (C=O) groups is 2. The lowest BCUT2D eigenvalue weighted by Crippen LogP contribution is -2.46. The van der Waals surface area contributed by atoms with Crippen LogP contribution in [0, 0.1) is 13.8 Å². The van der Waals surface area contributed by atoms with Gasteiger partial charge in [-0.3, -0.25) is 9.59 Å². The van der Waals surface area contributed by atoms with Crippen molar-refractivity contribution >= 4 is 23.4 Å². The number of benzene rings is 2. The predicted octanol–water partition coefficient (Wildman–Crippen LogP) is 4.54. The number of piperidine rings is 1. The molecule has 2 amide bonds. The number of aryl methyl sites for hydroxylation is 2. The molecular weight excluding hydrogens is 400 g/mol. The lowest BCUT2D eigenvalue weighted by Gasteiger charge is -2.32. The van der Waals surface area contributed by atoms with Gasteiger partial charge in [0.1, 0.15) is 5.75 Å². The molecule has 1 N–H and O–H groups in total. The molecule has 0 aliphatic carbocycles. The zero-order valence-electron chi connectivity index (χ0n) is 17.6. The Balaban J connectivity index is 1.36. The van der Waals surface area contributed by atoms with Gasteiger partial charge in [-0.1, -0.05) is 29.8 Å². The smallest absolute Gasteiger partial charge is 0.253 e. The van der Waals surface area contributed by atoms with Crippen LogP contribution in [-0.4, -0.2) is 42.5 Å². The van der Waals surface area contributed by atoms with Crippen molar-refractivity contribution in [1.82, 2.24) is 10.2 Å². The highest BCUT2D eigenvalue weighted by Gasteiger charge is 2.24. The Morgan fingerprint density at radius 1 is 1.07 bits per heavy atom. The fourth-order valence-electron chi connectivity index (χ4n) is 3.74. The molecule has 1 aliphatic rings. The quantitative estimate of drug-likeness (QED) is 0.659. The average Bonchev–Trinajstić information content (AvgIpc) is 2.73. The predicted molar refractivity (Wildman–Crippen MR) is 119 cm³/mol. The second-order valence-corrected chi connectivity index (χ2v) is 8.25. The van der Waals surface area contributed by atoms with E-state index in [0.29, 0.717) is 43.1 Å². The zero-order chi connectivity index (χ0) is 21.5. The van der Waals surface area contributed by atoms with Gasteiger partial charge in [0.15, 0.2) is 0 Å². The Labute approximate surface area is 183 Å². The molecule has 5 nitrogen and oxygen atoms in total. The van der Waals surface area contributed by atoms with Crippen molar-refractivity contribution in [1.29, 1.82) is 0 Å². The maximum absolute atomic E-state index is 12.6. The van der Waals surface area contributed by atoms with Gasteiger partial charge in [-0.05, 0) is 68.5 Å². The molecule has 0 radical (unpaired) electrons. The van der Waals surface area contributed by atoms with E-state index in [9.17, 15) is 9.59 Å². The van der Waals surface area contributed by atoms with Crippen LogP contribution in [-0.2, 0) is 4.79 Å². The van der Waals surface area contributed by atoms with Gasteiger partial charge in [0.2, 0.25) is 5.91 Å². The molecule has 2 aromatic carbocycles. The number of hydrogen-bond donors (Lipinski definition) is 1. The van der Waals surface area contributed by atoms with E-state index in [0.717, 1.165) is 29.7 Å². The molecule has 160 valence electrons. The largest absolute Gasteiger partial charge is 0.493 e. The maximum atomic E-state index is 12.6. The first-order chi connectivity index (χ1) is 14.4. The van der Waals surface area contributed by atoms with E-state index in [2.05, 4.69) is 5.32 Å². The number of rotatable bonds is 7. The third kappa shape index (κ3) is 5.99. The summed E-state index contributed by atoms with van der Waals surface area (Å²) in [4.78, 5) is 26.7. The molecule has 0 saturated carbocycles. The Morgan fingerprint density at radius 3 is 2.33 bits per heavy atom. The number of hydrogen-bond acceptors (Lipinski definition) is 3. The second kappa shape index (κ2) is 10.5. The minimum absolute atomic E-state index is 0.0140. The summed E-state index contributed by atoms with van der Waals surface area (Å²) in [7, 11) is 0. The van der Waals surface area contributed by atoms with Crippen LogP contribution in [0.2, 0.25) is 5.02 Å². The fourth-order valence-corrected chi connectivity index (χ4v) is 3.86. The minimum Gasteiger partial charge on any atom is -0.493 e. The third-order valence-electron chi connectivity index (χ3n) is 5.44. The first-order valence-corrected chi connectivity index (χ1v) is 10.8. The molecule has 1 saturated heterocycles. The Kier molecular flexibility index (Phi) is 7.75. The summed E-state index contributed by atoms with van der Waals surface area (Å²) < 4.78 is 5.87. The van der Waals surface area contributed by atoms with E-state index < -0.39 is 0 Å². The van der Waals surface area contributed by atoms with Crippen LogP contribution >= 0.6 is 11.6 Å². The van der Waals surface area contributed by atoms with E-state index >= 15 is 0 Å². The normalized spacial score (nSPS) is 14.4. The highest BCUT2D eigenvalue weighted by Crippen LogP contribution is 2.22. The third-order valence-corrected chi connectivity index (χ3v) is 5.69. The molecule has 3 rings (SSSR count). The van der Waals surface area contributed by atoms with Gasteiger partial charge < -0.3 is 15.0 Å². The van der Waals surface area contributed by atoms with Gasteiger partial charge >= 0.3 is 0 Å². The molecule has 30 heavy (non-hydrogen) atoms. The topological polar surface area (TPSA) is 58.6 Å². The highest BCUT2D eigenvalue weighted by molar-refractivity contribution is 6.30. The van der Waals surface area contributed by atoms with Crippen molar-refractivity contribution in [3.63, 3.8) is 0 Å². The van der Waals surface area contributed by atoms with E-state index in [1.54, 1.807) is 24.3 Å². The summed E-state index contributed by atoms with van der Waals surface area (Å²) in [5, 5.41) is 3.72. The van der Waals surface area contributed by atoms with Crippen molar-refractivity contribution in [2.24, 2.45) is 0 Å². The lowest BCUT2D eigenvalue weighted by atomic mass is 10.0. The van der Waals surface area contributed by atoms with Crippen LogP contribution in [0.1, 0.15) is 47.2 Å². The maximum Gasteiger partial charge on any atom is 0.253 e. The number of para-hydroxylation sites is 1. The van der Waals surface area contributed by atoms with Crippen LogP contribution in [0.15, 0.2) is 42.5 Å². The number of ether oxygens (including phenoxy) is 1. The summed E-state index contributed by atoms with van der Waals surface area (Å²) in [6, 6.07) is 13.1. The number of nitrogens with zero attached hydrogens (tertiary/aromatic N) is 1. The lowest BCUT2D eigenvalue weighted by molar-refractivity contribution is -0.122. The molecule has 0 atom stereocenters. The van der Waals surface area contributed by atoms with Gasteiger partial charge in [0, 0.05) is 36.1 Å². The Hall–Kier alpha value is -2.53. The second-order valence-electron chi connectivity index (χ2n) is 7.81. The number of amides is 2. The van der Waals surface area contributed by atoms with E-state index in [1.807, 2.05) is 36.9 Å². The first kappa shape index (κ1) is 22.2. The summed E-state index contributed by atoms with van der Waals surface area (Å²) in [6.45, 7) is 5.86. The van der Waals surface area contributed by atoms with Crippen molar-refractivity contribution < 1.29 is 14.3 Å².